The van der Waals surface area contributed by atoms with Gasteiger partial charge in [0.05, 0.1) is 12.0 Å². The zero-order valence-corrected chi connectivity index (χ0v) is 19.4. The third-order valence-electron chi connectivity index (χ3n) is 6.93. The van der Waals surface area contributed by atoms with Crippen LogP contribution in [0.2, 0.25) is 0 Å². The summed E-state index contributed by atoms with van der Waals surface area (Å²) in [4.78, 5) is 49.6. The number of imide groups is 1. The van der Waals surface area contributed by atoms with Crippen LogP contribution in [0.3, 0.4) is 0 Å². The minimum atomic E-state index is -1.17. The van der Waals surface area contributed by atoms with Crippen LogP contribution in [-0.4, -0.2) is 71.1 Å². The van der Waals surface area contributed by atoms with E-state index in [-0.39, 0.29) is 37.1 Å². The lowest BCUT2D eigenvalue weighted by atomic mass is 9.75. The van der Waals surface area contributed by atoms with Crippen LogP contribution >= 0.6 is 0 Å². The Bertz CT molecular complexity index is 997. The number of hydrogen-bond acceptors (Lipinski definition) is 5. The summed E-state index contributed by atoms with van der Waals surface area (Å²) in [6, 6.07) is 12.9. The van der Waals surface area contributed by atoms with Crippen LogP contribution < -0.4 is 0 Å². The number of aromatic nitrogens is 1. The minimum Gasteiger partial charge on any atom is -0.345 e. The fourth-order valence-corrected chi connectivity index (χ4v) is 5.16. The topological polar surface area (TPSA) is 73.8 Å². The Labute approximate surface area is 195 Å². The van der Waals surface area contributed by atoms with Crippen LogP contribution in [0.1, 0.15) is 36.8 Å². The second-order valence-corrected chi connectivity index (χ2v) is 9.49. The van der Waals surface area contributed by atoms with Crippen molar-refractivity contribution in [1.82, 2.24) is 19.7 Å². The van der Waals surface area contributed by atoms with Crippen LogP contribution in [0, 0.1) is 5.92 Å². The van der Waals surface area contributed by atoms with Crippen molar-refractivity contribution in [3.63, 3.8) is 0 Å². The third-order valence-corrected chi connectivity index (χ3v) is 6.93. The van der Waals surface area contributed by atoms with Gasteiger partial charge in [0.2, 0.25) is 17.7 Å². The van der Waals surface area contributed by atoms with E-state index >= 15 is 0 Å². The maximum atomic E-state index is 13.7. The number of nitrogens with zero attached hydrogens (tertiary/aromatic N) is 4. The summed E-state index contributed by atoms with van der Waals surface area (Å²) in [5, 5.41) is 0. The summed E-state index contributed by atoms with van der Waals surface area (Å²) in [7, 11) is 3.92. The summed E-state index contributed by atoms with van der Waals surface area (Å²) >= 11 is 0. The van der Waals surface area contributed by atoms with Gasteiger partial charge in [0.1, 0.15) is 0 Å². The molecule has 0 spiro atoms. The van der Waals surface area contributed by atoms with Gasteiger partial charge in [0.25, 0.3) is 0 Å². The predicted octanol–water partition coefficient (Wildman–Crippen LogP) is 2.47. The molecule has 1 aromatic carbocycles. The summed E-state index contributed by atoms with van der Waals surface area (Å²) in [5.41, 5.74) is 0.332. The van der Waals surface area contributed by atoms with Crippen molar-refractivity contribution in [2.24, 2.45) is 5.92 Å². The minimum absolute atomic E-state index is 0.00184. The van der Waals surface area contributed by atoms with Gasteiger partial charge in [-0.1, -0.05) is 36.4 Å². The highest BCUT2D eigenvalue weighted by Gasteiger charge is 2.54. The number of pyridine rings is 1. The monoisotopic (exact) mass is 448 g/mol. The quantitative estimate of drug-likeness (QED) is 0.609. The van der Waals surface area contributed by atoms with E-state index in [4.69, 9.17) is 0 Å². The number of likely N-dealkylation sites (tertiary alicyclic amines) is 2. The number of carbonyl (C=O) groups is 3. The van der Waals surface area contributed by atoms with E-state index in [0.29, 0.717) is 12.5 Å². The van der Waals surface area contributed by atoms with Crippen LogP contribution in [0.25, 0.3) is 0 Å². The van der Waals surface area contributed by atoms with Crippen molar-refractivity contribution in [2.75, 3.05) is 33.7 Å². The largest absolute Gasteiger partial charge is 0.345 e. The average Bonchev–Trinajstić information content (AvgIpc) is 3.05. The normalized spacial score (nSPS) is 23.7. The van der Waals surface area contributed by atoms with Crippen LogP contribution in [0.15, 0.2) is 54.9 Å². The second-order valence-electron chi connectivity index (χ2n) is 9.49. The standard InChI is InChI=1S/C26H32N4O3/c1-28-13-7-9-21(17-28)18-29(2)23(31)14-26(22-10-4-3-5-11-22)15-24(32)30(25(26)33)19-20-8-6-12-27-16-20/h3-6,8,10-12,16,21H,7,9,13-15,17-19H2,1-2H3/t21-,26-/m0/s1. The molecule has 0 N–H and O–H groups in total. The lowest BCUT2D eigenvalue weighted by Crippen LogP contribution is -2.44. The lowest BCUT2D eigenvalue weighted by molar-refractivity contribution is -0.143. The van der Waals surface area contributed by atoms with Crippen molar-refractivity contribution < 1.29 is 14.4 Å². The molecule has 0 aliphatic carbocycles. The Hall–Kier alpha value is -3.06. The molecule has 0 unspecified atom stereocenters. The first-order valence-corrected chi connectivity index (χ1v) is 11.6. The van der Waals surface area contributed by atoms with Crippen molar-refractivity contribution in [3.05, 3.63) is 66.0 Å². The highest BCUT2D eigenvalue weighted by Crippen LogP contribution is 2.41. The highest BCUT2D eigenvalue weighted by atomic mass is 16.2. The van der Waals surface area contributed by atoms with Crippen LogP contribution in [-0.2, 0) is 26.3 Å². The van der Waals surface area contributed by atoms with Gasteiger partial charge < -0.3 is 9.80 Å². The van der Waals surface area contributed by atoms with E-state index in [1.54, 1.807) is 23.4 Å². The molecule has 3 heterocycles. The third kappa shape index (κ3) is 4.98. The first kappa shape index (κ1) is 23.1. The van der Waals surface area contributed by atoms with E-state index in [9.17, 15) is 14.4 Å². The van der Waals surface area contributed by atoms with Crippen LogP contribution in [0.4, 0.5) is 0 Å². The lowest BCUT2D eigenvalue weighted by Gasteiger charge is -2.34. The van der Waals surface area contributed by atoms with Gasteiger partial charge >= 0.3 is 0 Å². The second kappa shape index (κ2) is 9.83. The van der Waals surface area contributed by atoms with Gasteiger partial charge in [-0.2, -0.15) is 0 Å². The molecule has 7 heteroatoms. The Morgan fingerprint density at radius 1 is 1.18 bits per heavy atom. The first-order valence-electron chi connectivity index (χ1n) is 11.6. The molecule has 1 aromatic heterocycles. The van der Waals surface area contributed by atoms with Crippen molar-refractivity contribution in [1.29, 1.82) is 0 Å². The van der Waals surface area contributed by atoms with E-state index in [2.05, 4.69) is 16.9 Å². The molecule has 33 heavy (non-hydrogen) atoms. The van der Waals surface area contributed by atoms with Gasteiger partial charge in [-0.15, -0.1) is 0 Å². The fourth-order valence-electron chi connectivity index (χ4n) is 5.16. The molecule has 2 aromatic rings. The molecule has 7 nitrogen and oxygen atoms in total. The van der Waals surface area contributed by atoms with E-state index < -0.39 is 5.41 Å². The van der Waals surface area contributed by atoms with Crippen LogP contribution in [0.5, 0.6) is 0 Å². The molecule has 0 bridgehead atoms. The molecular formula is C26H32N4O3. The molecular weight excluding hydrogens is 416 g/mol. The van der Waals surface area contributed by atoms with Crippen molar-refractivity contribution >= 4 is 17.7 Å². The first-order chi connectivity index (χ1) is 15.9. The van der Waals surface area contributed by atoms with E-state index in [0.717, 1.165) is 37.1 Å². The molecule has 4 rings (SSSR count). The number of hydrogen-bond donors (Lipinski definition) is 0. The Morgan fingerprint density at radius 3 is 2.67 bits per heavy atom. The summed E-state index contributed by atoms with van der Waals surface area (Å²) in [6.45, 7) is 2.89. The number of benzene rings is 1. The molecule has 3 amide bonds. The summed E-state index contributed by atoms with van der Waals surface area (Å²) in [5.74, 6) is -0.233. The Balaban J connectivity index is 1.56. The number of piperidine rings is 1. The van der Waals surface area contributed by atoms with Gasteiger partial charge in [-0.25, -0.2) is 0 Å². The maximum Gasteiger partial charge on any atom is 0.241 e. The zero-order valence-electron chi connectivity index (χ0n) is 19.4. The smallest absolute Gasteiger partial charge is 0.241 e. The van der Waals surface area contributed by atoms with Gasteiger partial charge in [-0.3, -0.25) is 24.3 Å². The molecule has 0 radical (unpaired) electrons. The summed E-state index contributed by atoms with van der Waals surface area (Å²) < 4.78 is 0. The zero-order chi connectivity index (χ0) is 23.4. The Morgan fingerprint density at radius 2 is 1.97 bits per heavy atom. The van der Waals surface area contributed by atoms with Gasteiger partial charge in [0, 0.05) is 45.4 Å². The average molecular weight is 449 g/mol. The molecule has 2 fully saturated rings. The molecule has 174 valence electrons. The van der Waals surface area contributed by atoms with Crippen molar-refractivity contribution in [2.45, 2.75) is 37.6 Å². The fraction of sp³-hybridized carbons (Fsp3) is 0.462. The highest BCUT2D eigenvalue weighted by molar-refractivity contribution is 6.10. The molecule has 2 aliphatic heterocycles. The summed E-state index contributed by atoms with van der Waals surface area (Å²) in [6.07, 6.45) is 5.54. The number of amides is 3. The Kier molecular flexibility index (Phi) is 6.88. The molecule has 0 saturated carbocycles. The predicted molar refractivity (Wildman–Crippen MR) is 125 cm³/mol. The van der Waals surface area contributed by atoms with Gasteiger partial charge in [0.15, 0.2) is 0 Å². The van der Waals surface area contributed by atoms with Gasteiger partial charge in [-0.05, 0) is 49.5 Å². The number of carbonyl (C=O) groups excluding carboxylic acids is 3. The molecule has 2 saturated heterocycles. The SMILES string of the molecule is CN1CCC[C@H](CN(C)C(=O)C[C@@]2(c3ccccc3)CC(=O)N(Cc3cccnc3)C2=O)C1. The van der Waals surface area contributed by atoms with Crippen molar-refractivity contribution in [3.8, 4) is 0 Å². The molecule has 2 atom stereocenters. The maximum absolute atomic E-state index is 13.7. The van der Waals surface area contributed by atoms with E-state index in [1.807, 2.05) is 43.4 Å². The number of rotatable bonds is 7. The molecule has 2 aliphatic rings. The van der Waals surface area contributed by atoms with E-state index in [1.165, 1.54) is 4.90 Å².